The molecule has 0 radical (unpaired) electrons. The van der Waals surface area contributed by atoms with Crippen molar-refractivity contribution in [2.24, 2.45) is 0 Å². The number of amides is 2. The number of anilines is 1. The molecule has 5 nitrogen and oxygen atoms in total. The number of nitrogens with zero attached hydrogens (tertiary/aromatic N) is 2. The number of aromatic nitrogens is 2. The van der Waals surface area contributed by atoms with Gasteiger partial charge in [-0.2, -0.15) is 0 Å². The second kappa shape index (κ2) is 9.90. The Bertz CT molecular complexity index is 1210. The highest BCUT2D eigenvalue weighted by Gasteiger charge is 2.16. The van der Waals surface area contributed by atoms with Crippen molar-refractivity contribution in [2.45, 2.75) is 51.0 Å². The number of rotatable bonds is 6. The average molecular weight is 439 g/mol. The fourth-order valence-electron chi connectivity index (χ4n) is 4.72. The molecule has 2 N–H and O–H groups in total. The van der Waals surface area contributed by atoms with Gasteiger partial charge in [-0.05, 0) is 61.2 Å². The largest absolute Gasteiger partial charge is 0.335 e. The lowest BCUT2D eigenvalue weighted by atomic mass is 9.96. The summed E-state index contributed by atoms with van der Waals surface area (Å²) in [6, 6.07) is 27.0. The molecule has 0 unspecified atom stereocenters. The number of urea groups is 1. The first-order chi connectivity index (χ1) is 16.3. The van der Waals surface area contributed by atoms with E-state index in [9.17, 15) is 4.79 Å². The highest BCUT2D eigenvalue weighted by molar-refractivity contribution is 5.89. The lowest BCUT2D eigenvalue weighted by Gasteiger charge is -2.22. The van der Waals surface area contributed by atoms with E-state index in [1.165, 1.54) is 24.8 Å². The van der Waals surface area contributed by atoms with E-state index in [0.717, 1.165) is 53.9 Å². The van der Waals surface area contributed by atoms with Gasteiger partial charge in [0.25, 0.3) is 0 Å². The molecule has 1 fully saturated rings. The van der Waals surface area contributed by atoms with E-state index in [0.29, 0.717) is 6.04 Å². The summed E-state index contributed by atoms with van der Waals surface area (Å²) < 4.78 is 2.25. The standard InChI is InChI=1S/C28H30N4O/c33-28(29-22-9-3-1-4-10-22)30-23-18-15-21(16-19-23)17-20-27-31-25-13-7-8-14-26(25)32(27)24-11-5-2-6-12-24/h2,5-8,11-16,18-19,22H,1,3-4,9-10,17,20H2,(H2,29,30,33). The minimum absolute atomic E-state index is 0.105. The van der Waals surface area contributed by atoms with Crippen LogP contribution in [0.1, 0.15) is 43.5 Å². The summed E-state index contributed by atoms with van der Waals surface area (Å²) in [5.74, 6) is 1.05. The second-order valence-corrected chi connectivity index (χ2v) is 8.82. The van der Waals surface area contributed by atoms with E-state index >= 15 is 0 Å². The van der Waals surface area contributed by atoms with Crippen LogP contribution in [-0.2, 0) is 12.8 Å². The number of hydrogen-bond donors (Lipinski definition) is 2. The monoisotopic (exact) mass is 438 g/mol. The molecule has 33 heavy (non-hydrogen) atoms. The Balaban J connectivity index is 1.25. The van der Waals surface area contributed by atoms with Crippen LogP contribution in [-0.4, -0.2) is 21.6 Å². The third-order valence-corrected chi connectivity index (χ3v) is 6.43. The number of carbonyl (C=O) groups excluding carboxylic acids is 1. The highest BCUT2D eigenvalue weighted by atomic mass is 16.2. The molecule has 1 aliphatic rings. The number of carbonyl (C=O) groups is 1. The van der Waals surface area contributed by atoms with Gasteiger partial charge in [-0.1, -0.05) is 61.7 Å². The predicted octanol–water partition coefficient (Wildman–Crippen LogP) is 6.26. The fourth-order valence-corrected chi connectivity index (χ4v) is 4.72. The molecule has 0 atom stereocenters. The third-order valence-electron chi connectivity index (χ3n) is 6.43. The van der Waals surface area contributed by atoms with E-state index in [1.807, 2.05) is 24.3 Å². The number of imidazole rings is 1. The van der Waals surface area contributed by atoms with Gasteiger partial charge in [-0.25, -0.2) is 9.78 Å². The second-order valence-electron chi connectivity index (χ2n) is 8.82. The Hall–Kier alpha value is -3.60. The molecule has 168 valence electrons. The van der Waals surface area contributed by atoms with Gasteiger partial charge < -0.3 is 10.6 Å². The summed E-state index contributed by atoms with van der Waals surface area (Å²) in [6.07, 6.45) is 7.57. The van der Waals surface area contributed by atoms with Crippen molar-refractivity contribution >= 4 is 22.8 Å². The number of para-hydroxylation sites is 3. The van der Waals surface area contributed by atoms with Gasteiger partial charge in [0.1, 0.15) is 5.82 Å². The number of benzene rings is 3. The van der Waals surface area contributed by atoms with Crippen molar-refractivity contribution in [3.8, 4) is 5.69 Å². The SMILES string of the molecule is O=C(Nc1ccc(CCc2nc3ccccc3n2-c2ccccc2)cc1)NC1CCCCC1. The number of hydrogen-bond acceptors (Lipinski definition) is 2. The zero-order valence-electron chi connectivity index (χ0n) is 18.8. The molecule has 1 saturated carbocycles. The van der Waals surface area contributed by atoms with Crippen LogP contribution >= 0.6 is 0 Å². The Kier molecular flexibility index (Phi) is 6.38. The number of aryl methyl sites for hydroxylation is 2. The summed E-state index contributed by atoms with van der Waals surface area (Å²) in [6.45, 7) is 0. The fraction of sp³-hybridized carbons (Fsp3) is 0.286. The Labute approximate surface area is 194 Å². The molecule has 0 spiro atoms. The smallest absolute Gasteiger partial charge is 0.319 e. The normalized spacial score (nSPS) is 14.3. The number of nitrogens with one attached hydrogen (secondary N) is 2. The minimum atomic E-state index is -0.105. The van der Waals surface area contributed by atoms with Crippen LogP contribution in [0.25, 0.3) is 16.7 Å². The Morgan fingerprint density at radius 3 is 2.36 bits per heavy atom. The van der Waals surface area contributed by atoms with Crippen LogP contribution in [0.3, 0.4) is 0 Å². The molecule has 2 amide bonds. The molecule has 0 bridgehead atoms. The van der Waals surface area contributed by atoms with Gasteiger partial charge in [-0.3, -0.25) is 4.57 Å². The van der Waals surface area contributed by atoms with E-state index < -0.39 is 0 Å². The van der Waals surface area contributed by atoms with E-state index in [4.69, 9.17) is 4.98 Å². The first-order valence-corrected chi connectivity index (χ1v) is 11.9. The zero-order valence-corrected chi connectivity index (χ0v) is 18.8. The minimum Gasteiger partial charge on any atom is -0.335 e. The molecule has 5 rings (SSSR count). The van der Waals surface area contributed by atoms with Crippen molar-refractivity contribution in [1.29, 1.82) is 0 Å². The number of fused-ring (bicyclic) bond motifs is 1. The third kappa shape index (κ3) is 5.08. The van der Waals surface area contributed by atoms with Gasteiger partial charge in [0.2, 0.25) is 0 Å². The van der Waals surface area contributed by atoms with E-state index in [-0.39, 0.29) is 6.03 Å². The molecule has 3 aromatic carbocycles. The molecule has 1 aromatic heterocycles. The predicted molar refractivity (Wildman–Crippen MR) is 134 cm³/mol. The Morgan fingerprint density at radius 2 is 1.58 bits per heavy atom. The maximum Gasteiger partial charge on any atom is 0.319 e. The summed E-state index contributed by atoms with van der Waals surface area (Å²) >= 11 is 0. The van der Waals surface area contributed by atoms with Crippen molar-refractivity contribution in [1.82, 2.24) is 14.9 Å². The van der Waals surface area contributed by atoms with Crippen molar-refractivity contribution in [2.75, 3.05) is 5.32 Å². The van der Waals surface area contributed by atoms with Crippen molar-refractivity contribution in [3.05, 3.63) is 90.3 Å². The Morgan fingerprint density at radius 1 is 0.848 bits per heavy atom. The molecule has 0 saturated heterocycles. The van der Waals surface area contributed by atoms with Gasteiger partial charge in [0, 0.05) is 23.8 Å². The van der Waals surface area contributed by atoms with Crippen LogP contribution in [0.2, 0.25) is 0 Å². The highest BCUT2D eigenvalue weighted by Crippen LogP contribution is 2.23. The van der Waals surface area contributed by atoms with E-state index in [1.54, 1.807) is 0 Å². The summed E-state index contributed by atoms with van der Waals surface area (Å²) in [4.78, 5) is 17.2. The lowest BCUT2D eigenvalue weighted by Crippen LogP contribution is -2.38. The van der Waals surface area contributed by atoms with Crippen molar-refractivity contribution < 1.29 is 4.79 Å². The van der Waals surface area contributed by atoms with Crippen LogP contribution in [0.5, 0.6) is 0 Å². The molecule has 4 aromatic rings. The first kappa shape index (κ1) is 21.3. The summed E-state index contributed by atoms with van der Waals surface area (Å²) in [5, 5.41) is 6.07. The van der Waals surface area contributed by atoms with Crippen LogP contribution in [0.15, 0.2) is 78.9 Å². The molecule has 1 heterocycles. The van der Waals surface area contributed by atoms with E-state index in [2.05, 4.69) is 69.8 Å². The van der Waals surface area contributed by atoms with Crippen LogP contribution in [0.4, 0.5) is 10.5 Å². The first-order valence-electron chi connectivity index (χ1n) is 11.9. The zero-order chi connectivity index (χ0) is 22.5. The molecular formula is C28H30N4O. The molecular weight excluding hydrogens is 408 g/mol. The maximum absolute atomic E-state index is 12.3. The summed E-state index contributed by atoms with van der Waals surface area (Å²) in [7, 11) is 0. The van der Waals surface area contributed by atoms with Crippen molar-refractivity contribution in [3.63, 3.8) is 0 Å². The van der Waals surface area contributed by atoms with Crippen LogP contribution in [0, 0.1) is 0 Å². The molecule has 0 aliphatic heterocycles. The quantitative estimate of drug-likeness (QED) is 0.373. The van der Waals surface area contributed by atoms with Gasteiger partial charge in [0.05, 0.1) is 11.0 Å². The van der Waals surface area contributed by atoms with Crippen LogP contribution < -0.4 is 10.6 Å². The molecule has 1 aliphatic carbocycles. The van der Waals surface area contributed by atoms with Gasteiger partial charge in [-0.15, -0.1) is 0 Å². The molecule has 5 heteroatoms. The summed E-state index contributed by atoms with van der Waals surface area (Å²) in [5.41, 5.74) is 5.32. The topological polar surface area (TPSA) is 59.0 Å². The average Bonchev–Trinajstić information content (AvgIpc) is 3.23. The van der Waals surface area contributed by atoms with Gasteiger partial charge in [0.15, 0.2) is 0 Å². The van der Waals surface area contributed by atoms with Gasteiger partial charge >= 0.3 is 6.03 Å². The lowest BCUT2D eigenvalue weighted by molar-refractivity contribution is 0.244. The maximum atomic E-state index is 12.3.